The SMILES string of the molecule is O=C(CNCC1CC1)N1CCC(Cc2ccccc2)CC1. The van der Waals surface area contributed by atoms with Crippen LogP contribution < -0.4 is 5.32 Å². The Morgan fingerprint density at radius 1 is 1.05 bits per heavy atom. The smallest absolute Gasteiger partial charge is 0.236 e. The van der Waals surface area contributed by atoms with Crippen molar-refractivity contribution in [2.24, 2.45) is 11.8 Å². The van der Waals surface area contributed by atoms with Crippen molar-refractivity contribution >= 4 is 5.91 Å². The van der Waals surface area contributed by atoms with Gasteiger partial charge in [-0.2, -0.15) is 0 Å². The molecule has 21 heavy (non-hydrogen) atoms. The van der Waals surface area contributed by atoms with Crippen molar-refractivity contribution in [1.82, 2.24) is 10.2 Å². The van der Waals surface area contributed by atoms with Gasteiger partial charge in [-0.3, -0.25) is 4.79 Å². The first-order valence-electron chi connectivity index (χ1n) is 8.33. The molecule has 0 spiro atoms. The monoisotopic (exact) mass is 286 g/mol. The maximum absolute atomic E-state index is 12.1. The van der Waals surface area contributed by atoms with Gasteiger partial charge in [0.05, 0.1) is 6.54 Å². The lowest BCUT2D eigenvalue weighted by Crippen LogP contribution is -2.43. The molecule has 114 valence electrons. The van der Waals surface area contributed by atoms with E-state index < -0.39 is 0 Å². The van der Waals surface area contributed by atoms with E-state index in [2.05, 4.69) is 35.6 Å². The molecule has 2 fully saturated rings. The number of hydrogen-bond donors (Lipinski definition) is 1. The Morgan fingerprint density at radius 2 is 1.76 bits per heavy atom. The molecule has 1 aliphatic carbocycles. The molecule has 0 aromatic heterocycles. The van der Waals surface area contributed by atoms with Crippen LogP contribution in [0.15, 0.2) is 30.3 Å². The number of carbonyl (C=O) groups is 1. The summed E-state index contributed by atoms with van der Waals surface area (Å²) in [5.41, 5.74) is 1.42. The van der Waals surface area contributed by atoms with Gasteiger partial charge < -0.3 is 10.2 Å². The number of amides is 1. The van der Waals surface area contributed by atoms with Crippen molar-refractivity contribution in [3.63, 3.8) is 0 Å². The summed E-state index contributed by atoms with van der Waals surface area (Å²) in [4.78, 5) is 14.2. The van der Waals surface area contributed by atoms with Crippen LogP contribution in [0.4, 0.5) is 0 Å². The highest BCUT2D eigenvalue weighted by atomic mass is 16.2. The predicted octanol–water partition coefficient (Wildman–Crippen LogP) is 2.47. The van der Waals surface area contributed by atoms with E-state index >= 15 is 0 Å². The van der Waals surface area contributed by atoms with Crippen molar-refractivity contribution in [3.8, 4) is 0 Å². The Kier molecular flexibility index (Phi) is 4.91. The van der Waals surface area contributed by atoms with Gasteiger partial charge in [-0.05, 0) is 56.0 Å². The van der Waals surface area contributed by atoms with Gasteiger partial charge >= 0.3 is 0 Å². The number of likely N-dealkylation sites (tertiary alicyclic amines) is 1. The number of rotatable bonds is 6. The van der Waals surface area contributed by atoms with E-state index in [4.69, 9.17) is 0 Å². The Balaban J connectivity index is 1.36. The molecule has 0 bridgehead atoms. The minimum Gasteiger partial charge on any atom is -0.342 e. The molecule has 3 nitrogen and oxygen atoms in total. The summed E-state index contributed by atoms with van der Waals surface area (Å²) in [6.45, 7) is 3.42. The third-order valence-corrected chi connectivity index (χ3v) is 4.74. The zero-order valence-electron chi connectivity index (χ0n) is 12.8. The van der Waals surface area contributed by atoms with Gasteiger partial charge in [-0.25, -0.2) is 0 Å². The highest BCUT2D eigenvalue weighted by Crippen LogP contribution is 2.27. The highest BCUT2D eigenvalue weighted by molar-refractivity contribution is 5.78. The van der Waals surface area contributed by atoms with E-state index in [0.717, 1.165) is 50.7 Å². The molecule has 3 rings (SSSR count). The van der Waals surface area contributed by atoms with Crippen molar-refractivity contribution in [1.29, 1.82) is 0 Å². The first-order valence-corrected chi connectivity index (χ1v) is 8.33. The normalized spacial score (nSPS) is 19.7. The largest absolute Gasteiger partial charge is 0.342 e. The minimum atomic E-state index is 0.286. The summed E-state index contributed by atoms with van der Waals surface area (Å²) in [5.74, 6) is 1.86. The van der Waals surface area contributed by atoms with Crippen LogP contribution in [0.2, 0.25) is 0 Å². The van der Waals surface area contributed by atoms with Crippen LogP contribution in [0, 0.1) is 11.8 Å². The fraction of sp³-hybridized carbons (Fsp3) is 0.611. The topological polar surface area (TPSA) is 32.3 Å². The lowest BCUT2D eigenvalue weighted by Gasteiger charge is -2.32. The average molecular weight is 286 g/mol. The van der Waals surface area contributed by atoms with E-state index in [1.165, 1.54) is 18.4 Å². The van der Waals surface area contributed by atoms with E-state index in [-0.39, 0.29) is 5.91 Å². The molecule has 0 radical (unpaired) electrons. The van der Waals surface area contributed by atoms with E-state index in [9.17, 15) is 4.79 Å². The maximum atomic E-state index is 12.1. The molecular formula is C18H26N2O. The van der Waals surface area contributed by atoms with Gasteiger partial charge in [0, 0.05) is 13.1 Å². The molecule has 2 aliphatic rings. The summed E-state index contributed by atoms with van der Waals surface area (Å²) in [7, 11) is 0. The molecule has 3 heteroatoms. The predicted molar refractivity (Wildman–Crippen MR) is 85.0 cm³/mol. The van der Waals surface area contributed by atoms with Crippen molar-refractivity contribution in [3.05, 3.63) is 35.9 Å². The third-order valence-electron chi connectivity index (χ3n) is 4.74. The zero-order valence-corrected chi connectivity index (χ0v) is 12.8. The fourth-order valence-electron chi connectivity index (χ4n) is 3.15. The Labute approximate surface area is 127 Å². The van der Waals surface area contributed by atoms with Gasteiger partial charge in [-0.15, -0.1) is 0 Å². The Bertz CT molecular complexity index is 448. The standard InChI is InChI=1S/C18H26N2O/c21-18(14-19-13-17-6-7-17)20-10-8-16(9-11-20)12-15-4-2-1-3-5-15/h1-5,16-17,19H,6-14H2. The second-order valence-corrected chi connectivity index (χ2v) is 6.59. The lowest BCUT2D eigenvalue weighted by atomic mass is 9.90. The molecular weight excluding hydrogens is 260 g/mol. The number of nitrogens with one attached hydrogen (secondary N) is 1. The molecule has 1 aromatic rings. The molecule has 1 heterocycles. The van der Waals surface area contributed by atoms with Crippen LogP contribution in [-0.4, -0.2) is 37.0 Å². The molecule has 0 unspecified atom stereocenters. The van der Waals surface area contributed by atoms with E-state index in [0.29, 0.717) is 6.54 Å². The van der Waals surface area contributed by atoms with Gasteiger partial charge in [0.1, 0.15) is 0 Å². The summed E-state index contributed by atoms with van der Waals surface area (Å²) < 4.78 is 0. The number of hydrogen-bond acceptors (Lipinski definition) is 2. The molecule has 1 amide bonds. The Morgan fingerprint density at radius 3 is 2.43 bits per heavy atom. The number of carbonyl (C=O) groups excluding carboxylic acids is 1. The number of benzene rings is 1. The van der Waals surface area contributed by atoms with Gasteiger partial charge in [0.2, 0.25) is 5.91 Å². The van der Waals surface area contributed by atoms with Crippen LogP contribution in [0.1, 0.15) is 31.2 Å². The summed E-state index contributed by atoms with van der Waals surface area (Å²) in [5, 5.41) is 3.30. The summed E-state index contributed by atoms with van der Waals surface area (Å²) in [6.07, 6.45) is 6.12. The van der Waals surface area contributed by atoms with Gasteiger partial charge in [0.25, 0.3) is 0 Å². The molecule has 0 atom stereocenters. The fourth-order valence-corrected chi connectivity index (χ4v) is 3.15. The zero-order chi connectivity index (χ0) is 14.5. The van der Waals surface area contributed by atoms with Crippen LogP contribution >= 0.6 is 0 Å². The van der Waals surface area contributed by atoms with Crippen LogP contribution in [0.5, 0.6) is 0 Å². The van der Waals surface area contributed by atoms with E-state index in [1.54, 1.807) is 0 Å². The molecule has 1 N–H and O–H groups in total. The lowest BCUT2D eigenvalue weighted by molar-refractivity contribution is -0.131. The molecule has 1 saturated heterocycles. The maximum Gasteiger partial charge on any atom is 0.236 e. The Hall–Kier alpha value is -1.35. The third kappa shape index (κ3) is 4.57. The van der Waals surface area contributed by atoms with Crippen molar-refractivity contribution < 1.29 is 4.79 Å². The first-order chi connectivity index (χ1) is 10.3. The second-order valence-electron chi connectivity index (χ2n) is 6.59. The number of piperidine rings is 1. The van der Waals surface area contributed by atoms with Crippen molar-refractivity contribution in [2.45, 2.75) is 32.1 Å². The molecule has 1 aromatic carbocycles. The first kappa shape index (κ1) is 14.6. The van der Waals surface area contributed by atoms with Crippen molar-refractivity contribution in [2.75, 3.05) is 26.2 Å². The van der Waals surface area contributed by atoms with Gasteiger partial charge in [-0.1, -0.05) is 30.3 Å². The molecule has 1 saturated carbocycles. The minimum absolute atomic E-state index is 0.286. The average Bonchev–Trinajstić information content (AvgIpc) is 3.33. The quantitative estimate of drug-likeness (QED) is 0.871. The van der Waals surface area contributed by atoms with Crippen LogP contribution in [0.3, 0.4) is 0 Å². The molecule has 1 aliphatic heterocycles. The summed E-state index contributed by atoms with van der Waals surface area (Å²) >= 11 is 0. The number of nitrogens with zero attached hydrogens (tertiary/aromatic N) is 1. The van der Waals surface area contributed by atoms with E-state index in [1.807, 2.05) is 4.90 Å². The summed E-state index contributed by atoms with van der Waals surface area (Å²) in [6, 6.07) is 10.7. The van der Waals surface area contributed by atoms with Gasteiger partial charge in [0.15, 0.2) is 0 Å². The highest BCUT2D eigenvalue weighted by Gasteiger charge is 2.24. The van der Waals surface area contributed by atoms with Crippen LogP contribution in [-0.2, 0) is 11.2 Å². The second kappa shape index (κ2) is 7.08. The van der Waals surface area contributed by atoms with Crippen LogP contribution in [0.25, 0.3) is 0 Å².